The highest BCUT2D eigenvalue weighted by molar-refractivity contribution is 6.33. The summed E-state index contributed by atoms with van der Waals surface area (Å²) in [7, 11) is 0. The molecule has 3 heterocycles. The average Bonchev–Trinajstić information content (AvgIpc) is 2.99. The van der Waals surface area contributed by atoms with Crippen LogP contribution in [0, 0.1) is 0 Å². The number of nitrogens with one attached hydrogen (secondary N) is 2. The fraction of sp³-hybridized carbons (Fsp3) is 0. The van der Waals surface area contributed by atoms with Crippen LogP contribution in [0.5, 0.6) is 0 Å². The molecule has 0 saturated carbocycles. The zero-order valence-electron chi connectivity index (χ0n) is 9.72. The van der Waals surface area contributed by atoms with Crippen LogP contribution < -0.4 is 5.43 Å². The number of nitrogens with zero attached hydrogens (tertiary/aromatic N) is 2. The molecule has 0 bridgehead atoms. The van der Waals surface area contributed by atoms with Crippen LogP contribution in [-0.4, -0.2) is 21.6 Å². The first-order valence-electron chi connectivity index (χ1n) is 5.58. The van der Waals surface area contributed by atoms with Gasteiger partial charge in [0.15, 0.2) is 0 Å². The lowest BCUT2D eigenvalue weighted by molar-refractivity contribution is -0.116. The van der Waals surface area contributed by atoms with Gasteiger partial charge in [-0.1, -0.05) is 11.6 Å². The Morgan fingerprint density at radius 3 is 2.95 bits per heavy atom. The molecule has 94 valence electrons. The van der Waals surface area contributed by atoms with Crippen molar-refractivity contribution in [2.24, 2.45) is 5.10 Å². The van der Waals surface area contributed by atoms with E-state index in [1.807, 2.05) is 6.07 Å². The number of aromatic nitrogens is 2. The van der Waals surface area contributed by atoms with Crippen molar-refractivity contribution in [2.75, 3.05) is 0 Å². The second-order valence-corrected chi connectivity index (χ2v) is 4.41. The maximum Gasteiger partial charge on any atom is 0.273 e. The zero-order valence-corrected chi connectivity index (χ0v) is 10.5. The summed E-state index contributed by atoms with van der Waals surface area (Å²) in [6.07, 6.45) is 6.69. The first kappa shape index (κ1) is 11.7. The number of carbonyl (C=O) groups excluding carboxylic acids is 1. The molecule has 0 saturated heterocycles. The summed E-state index contributed by atoms with van der Waals surface area (Å²) in [6.45, 7) is 0. The maximum absolute atomic E-state index is 11.8. The molecule has 3 rings (SSSR count). The monoisotopic (exact) mass is 272 g/mol. The highest BCUT2D eigenvalue weighted by atomic mass is 35.5. The number of rotatable bonds is 2. The number of pyridine rings is 1. The molecule has 5 nitrogen and oxygen atoms in total. The Morgan fingerprint density at radius 2 is 2.26 bits per heavy atom. The number of carbonyl (C=O) groups is 1. The van der Waals surface area contributed by atoms with E-state index in [1.165, 1.54) is 0 Å². The van der Waals surface area contributed by atoms with Gasteiger partial charge >= 0.3 is 0 Å². The van der Waals surface area contributed by atoms with Gasteiger partial charge in [-0.3, -0.25) is 9.78 Å². The van der Waals surface area contributed by atoms with Crippen molar-refractivity contribution in [1.29, 1.82) is 0 Å². The topological polar surface area (TPSA) is 70.1 Å². The number of aromatic amines is 1. The van der Waals surface area contributed by atoms with Gasteiger partial charge in [0.1, 0.15) is 5.71 Å². The normalized spacial score (nSPS) is 16.6. The molecule has 0 unspecified atom stereocenters. The Hall–Kier alpha value is -2.40. The predicted octanol–water partition coefficient (Wildman–Crippen LogP) is 1.98. The van der Waals surface area contributed by atoms with Gasteiger partial charge in [0.2, 0.25) is 0 Å². The lowest BCUT2D eigenvalue weighted by atomic mass is 10.0. The number of H-pyrrole nitrogens is 1. The van der Waals surface area contributed by atoms with Crippen LogP contribution in [0.3, 0.4) is 0 Å². The van der Waals surface area contributed by atoms with Gasteiger partial charge in [-0.15, -0.1) is 0 Å². The van der Waals surface area contributed by atoms with Gasteiger partial charge in [0.25, 0.3) is 5.91 Å². The second kappa shape index (κ2) is 4.70. The van der Waals surface area contributed by atoms with Crippen molar-refractivity contribution in [3.8, 4) is 0 Å². The van der Waals surface area contributed by atoms with Crippen molar-refractivity contribution < 1.29 is 4.79 Å². The van der Waals surface area contributed by atoms with Gasteiger partial charge in [0, 0.05) is 29.8 Å². The van der Waals surface area contributed by atoms with E-state index in [-0.39, 0.29) is 5.91 Å². The van der Waals surface area contributed by atoms with Crippen LogP contribution in [0.25, 0.3) is 6.08 Å². The van der Waals surface area contributed by atoms with Gasteiger partial charge in [-0.25, -0.2) is 5.43 Å². The molecule has 0 radical (unpaired) electrons. The number of hydrogen-bond acceptors (Lipinski definition) is 3. The molecular weight excluding hydrogens is 264 g/mol. The first-order valence-corrected chi connectivity index (χ1v) is 5.96. The molecule has 6 heteroatoms. The number of hydrazone groups is 1. The minimum atomic E-state index is -0.246. The lowest BCUT2D eigenvalue weighted by Gasteiger charge is -2.00. The van der Waals surface area contributed by atoms with Crippen molar-refractivity contribution >= 4 is 29.3 Å². The van der Waals surface area contributed by atoms with Crippen LogP contribution >= 0.6 is 11.6 Å². The van der Waals surface area contributed by atoms with Gasteiger partial charge in [0.05, 0.1) is 10.6 Å². The summed E-state index contributed by atoms with van der Waals surface area (Å²) in [5.74, 6) is -0.246. The Bertz CT molecular complexity index is 688. The number of hydrogen-bond donors (Lipinski definition) is 2. The quantitative estimate of drug-likeness (QED) is 0.821. The SMILES string of the molecule is O=C1NN=C(c2cccnc2)C1=Cc1cc(Cl)c[nH]1. The van der Waals surface area contributed by atoms with E-state index in [4.69, 9.17) is 11.6 Å². The lowest BCUT2D eigenvalue weighted by Crippen LogP contribution is -2.13. The van der Waals surface area contributed by atoms with E-state index in [0.717, 1.165) is 11.3 Å². The highest BCUT2D eigenvalue weighted by Gasteiger charge is 2.24. The Balaban J connectivity index is 2.01. The van der Waals surface area contributed by atoms with Crippen LogP contribution in [0.1, 0.15) is 11.3 Å². The smallest absolute Gasteiger partial charge is 0.273 e. The summed E-state index contributed by atoms with van der Waals surface area (Å²) in [4.78, 5) is 18.8. The zero-order chi connectivity index (χ0) is 13.2. The molecule has 2 aromatic heterocycles. The summed E-state index contributed by atoms with van der Waals surface area (Å²) >= 11 is 5.83. The van der Waals surface area contributed by atoms with E-state index in [0.29, 0.717) is 16.3 Å². The number of halogens is 1. The fourth-order valence-corrected chi connectivity index (χ4v) is 1.99. The molecular formula is C13H9ClN4O. The van der Waals surface area contributed by atoms with E-state index >= 15 is 0 Å². The molecule has 2 N–H and O–H groups in total. The Labute approximate surface area is 114 Å². The molecule has 2 aromatic rings. The Kier molecular flexibility index (Phi) is 2.89. The van der Waals surface area contributed by atoms with Gasteiger partial charge in [-0.2, -0.15) is 5.10 Å². The fourth-order valence-electron chi connectivity index (χ4n) is 1.81. The van der Waals surface area contributed by atoms with Crippen molar-refractivity contribution in [3.05, 3.63) is 58.6 Å². The summed E-state index contributed by atoms with van der Waals surface area (Å²) in [5.41, 5.74) is 5.03. The first-order chi connectivity index (χ1) is 9.24. The molecule has 19 heavy (non-hydrogen) atoms. The standard InChI is InChI=1S/C13H9ClN4O/c14-9-4-10(16-7-9)5-11-12(17-18-13(11)19)8-2-1-3-15-6-8/h1-7,16H,(H,18,19). The third-order valence-electron chi connectivity index (χ3n) is 2.67. The molecule has 1 amide bonds. The van der Waals surface area contributed by atoms with E-state index in [2.05, 4.69) is 20.5 Å². The average molecular weight is 273 g/mol. The van der Waals surface area contributed by atoms with E-state index < -0.39 is 0 Å². The number of amides is 1. The van der Waals surface area contributed by atoms with Crippen LogP contribution in [0.2, 0.25) is 5.02 Å². The largest absolute Gasteiger partial charge is 0.360 e. The van der Waals surface area contributed by atoms with Crippen molar-refractivity contribution in [2.45, 2.75) is 0 Å². The Morgan fingerprint density at radius 1 is 1.37 bits per heavy atom. The predicted molar refractivity (Wildman–Crippen MR) is 72.7 cm³/mol. The van der Waals surface area contributed by atoms with Gasteiger partial charge in [-0.05, 0) is 24.3 Å². The van der Waals surface area contributed by atoms with Crippen molar-refractivity contribution in [1.82, 2.24) is 15.4 Å². The third kappa shape index (κ3) is 2.28. The molecule has 0 aromatic carbocycles. The van der Waals surface area contributed by atoms with Crippen LogP contribution in [0.4, 0.5) is 0 Å². The summed E-state index contributed by atoms with van der Waals surface area (Å²) in [6, 6.07) is 5.38. The molecule has 1 aliphatic rings. The van der Waals surface area contributed by atoms with E-state index in [9.17, 15) is 4.79 Å². The van der Waals surface area contributed by atoms with Crippen LogP contribution in [0.15, 0.2) is 47.5 Å². The second-order valence-electron chi connectivity index (χ2n) is 3.97. The van der Waals surface area contributed by atoms with Crippen molar-refractivity contribution in [3.63, 3.8) is 0 Å². The van der Waals surface area contributed by atoms with Crippen LogP contribution in [-0.2, 0) is 4.79 Å². The molecule has 1 aliphatic heterocycles. The minimum absolute atomic E-state index is 0.246. The highest BCUT2D eigenvalue weighted by Crippen LogP contribution is 2.18. The molecule has 0 aliphatic carbocycles. The molecule has 0 spiro atoms. The molecule has 0 atom stereocenters. The summed E-state index contributed by atoms with van der Waals surface area (Å²) < 4.78 is 0. The van der Waals surface area contributed by atoms with E-state index in [1.54, 1.807) is 36.8 Å². The molecule has 0 fully saturated rings. The van der Waals surface area contributed by atoms with Gasteiger partial charge < -0.3 is 4.98 Å². The third-order valence-corrected chi connectivity index (χ3v) is 2.89. The minimum Gasteiger partial charge on any atom is -0.360 e. The summed E-state index contributed by atoms with van der Waals surface area (Å²) in [5, 5.41) is 4.62. The maximum atomic E-state index is 11.8.